The van der Waals surface area contributed by atoms with Crippen LogP contribution in [0.1, 0.15) is 16.7 Å². The molecule has 3 aromatic carbocycles. The van der Waals surface area contributed by atoms with Crippen LogP contribution in [0.3, 0.4) is 0 Å². The van der Waals surface area contributed by atoms with E-state index in [0.717, 1.165) is 32.4 Å². The largest absolute Gasteiger partial charge is 0.618 e. The van der Waals surface area contributed by atoms with Crippen molar-refractivity contribution in [3.63, 3.8) is 0 Å². The molecule has 0 amide bonds. The summed E-state index contributed by atoms with van der Waals surface area (Å²) < 4.78 is 0.951. The van der Waals surface area contributed by atoms with Crippen molar-refractivity contribution >= 4 is 22.6 Å². The number of rotatable bonds is 3. The van der Waals surface area contributed by atoms with Crippen LogP contribution in [0.15, 0.2) is 97.2 Å². The Morgan fingerprint density at radius 2 is 1.40 bits per heavy atom. The van der Waals surface area contributed by atoms with Crippen molar-refractivity contribution in [1.29, 1.82) is 0 Å². The number of pyridine rings is 1. The van der Waals surface area contributed by atoms with E-state index in [4.69, 9.17) is 0 Å². The van der Waals surface area contributed by atoms with Gasteiger partial charge in [-0.15, -0.1) is 0 Å². The zero-order valence-electron chi connectivity index (χ0n) is 13.7. The lowest BCUT2D eigenvalue weighted by Gasteiger charge is -2.11. The topological polar surface area (TPSA) is 26.9 Å². The number of hydrogen-bond acceptors (Lipinski definition) is 1. The molecular formula is C23H17NO. The maximum absolute atomic E-state index is 12.5. The van der Waals surface area contributed by atoms with Crippen LogP contribution in [-0.4, -0.2) is 0 Å². The molecule has 120 valence electrons. The third-order valence-electron chi connectivity index (χ3n) is 4.27. The fourth-order valence-corrected chi connectivity index (χ4v) is 3.11. The van der Waals surface area contributed by atoms with Crippen molar-refractivity contribution in [2.45, 2.75) is 0 Å². The highest BCUT2D eigenvalue weighted by Crippen LogP contribution is 2.30. The Bertz CT molecular complexity index is 1030. The van der Waals surface area contributed by atoms with Crippen LogP contribution in [0.4, 0.5) is 0 Å². The zero-order chi connectivity index (χ0) is 17.1. The van der Waals surface area contributed by atoms with E-state index >= 15 is 0 Å². The Kier molecular flexibility index (Phi) is 4.01. The van der Waals surface area contributed by atoms with E-state index in [2.05, 4.69) is 30.3 Å². The van der Waals surface area contributed by atoms with Gasteiger partial charge in [-0.05, 0) is 41.0 Å². The molecule has 2 nitrogen and oxygen atoms in total. The summed E-state index contributed by atoms with van der Waals surface area (Å²) >= 11 is 0. The van der Waals surface area contributed by atoms with Gasteiger partial charge in [0.1, 0.15) is 0 Å². The third-order valence-corrected chi connectivity index (χ3v) is 4.27. The quantitative estimate of drug-likeness (QED) is 0.294. The summed E-state index contributed by atoms with van der Waals surface area (Å²) in [4.78, 5) is 0. The SMILES string of the molecule is [O-][n+]1cccc2cccc(/C(=C/c3ccccc3)c3ccccc3)c21. The highest BCUT2D eigenvalue weighted by atomic mass is 16.5. The molecule has 2 heteroatoms. The molecule has 0 unspecified atom stereocenters. The van der Waals surface area contributed by atoms with Gasteiger partial charge in [0.05, 0.1) is 5.56 Å². The molecule has 0 saturated carbocycles. The van der Waals surface area contributed by atoms with E-state index in [1.165, 1.54) is 0 Å². The molecule has 1 heterocycles. The van der Waals surface area contributed by atoms with Gasteiger partial charge in [-0.25, -0.2) is 0 Å². The average Bonchev–Trinajstić information content (AvgIpc) is 2.67. The standard InChI is InChI=1S/C23H17NO/c25-24-16-8-14-20-13-7-15-21(23(20)24)22(19-11-5-2-6-12-19)17-18-9-3-1-4-10-18/h1-17H/b22-17+. The smallest absolute Gasteiger partial charge is 0.231 e. The lowest BCUT2D eigenvalue weighted by molar-refractivity contribution is -0.577. The number of nitrogens with zero attached hydrogens (tertiary/aromatic N) is 1. The first-order valence-electron chi connectivity index (χ1n) is 8.26. The van der Waals surface area contributed by atoms with Gasteiger partial charge in [0.2, 0.25) is 5.52 Å². The molecule has 0 N–H and O–H groups in total. The number of aromatic nitrogens is 1. The first kappa shape index (κ1) is 15.2. The van der Waals surface area contributed by atoms with Crippen LogP contribution < -0.4 is 4.73 Å². The monoisotopic (exact) mass is 323 g/mol. The third kappa shape index (κ3) is 3.02. The van der Waals surface area contributed by atoms with E-state index in [1.54, 1.807) is 12.3 Å². The summed E-state index contributed by atoms with van der Waals surface area (Å²) in [7, 11) is 0. The summed E-state index contributed by atoms with van der Waals surface area (Å²) in [5.41, 5.74) is 4.85. The van der Waals surface area contributed by atoms with E-state index in [1.807, 2.05) is 60.7 Å². The fourth-order valence-electron chi connectivity index (χ4n) is 3.11. The first-order valence-corrected chi connectivity index (χ1v) is 8.26. The first-order chi connectivity index (χ1) is 12.3. The second-order valence-electron chi connectivity index (χ2n) is 5.91. The summed E-state index contributed by atoms with van der Waals surface area (Å²) in [6, 6.07) is 30.1. The minimum absolute atomic E-state index is 0.691. The van der Waals surface area contributed by atoms with Gasteiger partial charge in [-0.2, -0.15) is 4.73 Å². The molecule has 0 radical (unpaired) electrons. The Balaban J connectivity index is 2.02. The normalized spacial score (nSPS) is 11.6. The van der Waals surface area contributed by atoms with Crippen molar-refractivity contribution in [2.75, 3.05) is 0 Å². The molecule has 0 fully saturated rings. The molecule has 0 bridgehead atoms. The number of hydrogen-bond donors (Lipinski definition) is 0. The van der Waals surface area contributed by atoms with E-state index in [-0.39, 0.29) is 0 Å². The molecule has 4 rings (SSSR count). The minimum Gasteiger partial charge on any atom is -0.618 e. The molecule has 0 atom stereocenters. The van der Waals surface area contributed by atoms with Crippen molar-refractivity contribution in [3.8, 4) is 0 Å². The van der Waals surface area contributed by atoms with E-state index < -0.39 is 0 Å². The van der Waals surface area contributed by atoms with Gasteiger partial charge in [0.25, 0.3) is 0 Å². The average molecular weight is 323 g/mol. The van der Waals surface area contributed by atoms with E-state index in [0.29, 0.717) is 5.52 Å². The van der Waals surface area contributed by atoms with Crippen molar-refractivity contribution in [1.82, 2.24) is 0 Å². The summed E-state index contributed by atoms with van der Waals surface area (Å²) in [6.45, 7) is 0. The summed E-state index contributed by atoms with van der Waals surface area (Å²) in [5, 5.41) is 13.4. The van der Waals surface area contributed by atoms with Crippen LogP contribution in [0, 0.1) is 5.21 Å². The van der Waals surface area contributed by atoms with E-state index in [9.17, 15) is 5.21 Å². The van der Waals surface area contributed by atoms with Gasteiger partial charge in [-0.3, -0.25) is 0 Å². The maximum Gasteiger partial charge on any atom is 0.231 e. The molecule has 0 aliphatic carbocycles. The fraction of sp³-hybridized carbons (Fsp3) is 0. The van der Waals surface area contributed by atoms with Crippen LogP contribution >= 0.6 is 0 Å². The van der Waals surface area contributed by atoms with Gasteiger partial charge >= 0.3 is 0 Å². The van der Waals surface area contributed by atoms with Crippen molar-refractivity contribution in [3.05, 3.63) is 119 Å². The summed E-state index contributed by atoms with van der Waals surface area (Å²) in [5.74, 6) is 0. The van der Waals surface area contributed by atoms with Crippen LogP contribution in [0.25, 0.3) is 22.6 Å². The molecule has 25 heavy (non-hydrogen) atoms. The Hall–Kier alpha value is -3.39. The van der Waals surface area contributed by atoms with Gasteiger partial charge in [0, 0.05) is 11.5 Å². The number of benzene rings is 3. The lowest BCUT2D eigenvalue weighted by atomic mass is 9.94. The zero-order valence-corrected chi connectivity index (χ0v) is 13.7. The van der Waals surface area contributed by atoms with Gasteiger partial charge in [0.15, 0.2) is 6.20 Å². The lowest BCUT2D eigenvalue weighted by Crippen LogP contribution is -2.27. The Morgan fingerprint density at radius 3 is 2.16 bits per heavy atom. The van der Waals surface area contributed by atoms with Crippen LogP contribution in [0.2, 0.25) is 0 Å². The molecule has 4 aromatic rings. The maximum atomic E-state index is 12.5. The second kappa shape index (κ2) is 6.62. The number of fused-ring (bicyclic) bond motifs is 1. The highest BCUT2D eigenvalue weighted by molar-refractivity contribution is 5.99. The predicted molar refractivity (Wildman–Crippen MR) is 103 cm³/mol. The van der Waals surface area contributed by atoms with Crippen molar-refractivity contribution in [2.24, 2.45) is 0 Å². The van der Waals surface area contributed by atoms with Gasteiger partial charge in [-0.1, -0.05) is 66.7 Å². The molecule has 0 saturated heterocycles. The van der Waals surface area contributed by atoms with Crippen molar-refractivity contribution < 1.29 is 4.73 Å². The molecule has 0 aliphatic heterocycles. The molecule has 0 aliphatic rings. The summed E-state index contributed by atoms with van der Waals surface area (Å²) in [6.07, 6.45) is 3.69. The number of para-hydroxylation sites is 1. The molecule has 0 spiro atoms. The minimum atomic E-state index is 0.691. The predicted octanol–water partition coefficient (Wildman–Crippen LogP) is 5.06. The van der Waals surface area contributed by atoms with Crippen LogP contribution in [0.5, 0.6) is 0 Å². The van der Waals surface area contributed by atoms with Gasteiger partial charge < -0.3 is 5.21 Å². The Labute approximate surface area is 146 Å². The second-order valence-corrected chi connectivity index (χ2v) is 5.91. The van der Waals surface area contributed by atoms with Crippen LogP contribution in [-0.2, 0) is 0 Å². The Morgan fingerprint density at radius 1 is 0.720 bits per heavy atom. The highest BCUT2D eigenvalue weighted by Gasteiger charge is 2.15. The molecular weight excluding hydrogens is 306 g/mol. The molecule has 1 aromatic heterocycles.